The molecule has 0 radical (unpaired) electrons. The van der Waals surface area contributed by atoms with Gasteiger partial charge in [0.2, 0.25) is 0 Å². The molecule has 1 aromatic rings. The van der Waals surface area contributed by atoms with Gasteiger partial charge in [-0.05, 0) is 6.92 Å². The Morgan fingerprint density at radius 2 is 1.78 bits per heavy atom. The van der Waals surface area contributed by atoms with E-state index in [-0.39, 0.29) is 12.2 Å². The Kier molecular flexibility index (Phi) is 5.15. The molecular formula is C12H16O5S. The molecule has 0 atom stereocenters. The van der Waals surface area contributed by atoms with Crippen molar-refractivity contribution >= 4 is 18.6 Å². The van der Waals surface area contributed by atoms with E-state index < -0.39 is 5.97 Å². The fraction of sp³-hybridized carbons (Fsp3) is 0.417. The van der Waals surface area contributed by atoms with Crippen LogP contribution in [0.3, 0.4) is 0 Å². The maximum Gasteiger partial charge on any atom is 0.342 e. The molecule has 0 unspecified atom stereocenters. The second kappa shape index (κ2) is 6.39. The molecule has 0 bridgehead atoms. The monoisotopic (exact) mass is 272 g/mol. The fourth-order valence-corrected chi connectivity index (χ4v) is 1.94. The van der Waals surface area contributed by atoms with Gasteiger partial charge in [0.15, 0.2) is 17.2 Å². The number of hydrogen-bond acceptors (Lipinski definition) is 6. The summed E-state index contributed by atoms with van der Waals surface area (Å²) in [6, 6.07) is 1.51. The van der Waals surface area contributed by atoms with Gasteiger partial charge < -0.3 is 18.9 Å². The first-order valence-electron chi connectivity index (χ1n) is 5.29. The van der Waals surface area contributed by atoms with Crippen LogP contribution < -0.4 is 14.2 Å². The average Bonchev–Trinajstić information content (AvgIpc) is 2.37. The van der Waals surface area contributed by atoms with E-state index in [9.17, 15) is 4.79 Å². The van der Waals surface area contributed by atoms with E-state index in [4.69, 9.17) is 18.9 Å². The molecule has 0 fully saturated rings. The predicted octanol–water partition coefficient (Wildman–Crippen LogP) is 2.18. The van der Waals surface area contributed by atoms with Gasteiger partial charge in [0, 0.05) is 6.07 Å². The van der Waals surface area contributed by atoms with Crippen LogP contribution in [0.1, 0.15) is 17.3 Å². The van der Waals surface area contributed by atoms with Crippen molar-refractivity contribution in [3.8, 4) is 17.2 Å². The number of benzene rings is 1. The minimum Gasteiger partial charge on any atom is -0.495 e. The van der Waals surface area contributed by atoms with Gasteiger partial charge in [0.1, 0.15) is 5.56 Å². The molecule has 0 aliphatic carbocycles. The Balaban J connectivity index is 3.42. The molecule has 6 heteroatoms. The summed E-state index contributed by atoms with van der Waals surface area (Å²) in [6.07, 6.45) is 0. The van der Waals surface area contributed by atoms with Crippen molar-refractivity contribution < 1.29 is 23.7 Å². The maximum atomic E-state index is 11.8. The van der Waals surface area contributed by atoms with Gasteiger partial charge in [0.05, 0.1) is 32.8 Å². The summed E-state index contributed by atoms with van der Waals surface area (Å²) in [7, 11) is 4.41. The highest BCUT2D eigenvalue weighted by atomic mass is 32.1. The van der Waals surface area contributed by atoms with E-state index in [1.54, 1.807) is 6.92 Å². The molecule has 18 heavy (non-hydrogen) atoms. The van der Waals surface area contributed by atoms with Crippen molar-refractivity contribution in [1.29, 1.82) is 0 Å². The van der Waals surface area contributed by atoms with Crippen LogP contribution >= 0.6 is 12.6 Å². The van der Waals surface area contributed by atoms with E-state index in [0.717, 1.165) is 0 Å². The van der Waals surface area contributed by atoms with Crippen LogP contribution in [-0.4, -0.2) is 33.9 Å². The third-order valence-corrected chi connectivity index (χ3v) is 2.70. The lowest BCUT2D eigenvalue weighted by Gasteiger charge is -2.16. The summed E-state index contributed by atoms with van der Waals surface area (Å²) in [5, 5.41) is 0. The van der Waals surface area contributed by atoms with Crippen LogP contribution in [0, 0.1) is 0 Å². The van der Waals surface area contributed by atoms with Crippen molar-refractivity contribution in [2.45, 2.75) is 11.8 Å². The lowest BCUT2D eigenvalue weighted by atomic mass is 10.1. The Morgan fingerprint density at radius 1 is 1.17 bits per heavy atom. The quantitative estimate of drug-likeness (QED) is 0.657. The molecule has 0 saturated heterocycles. The Bertz CT molecular complexity index is 445. The predicted molar refractivity (Wildman–Crippen MR) is 69.3 cm³/mol. The van der Waals surface area contributed by atoms with Crippen molar-refractivity contribution in [3.63, 3.8) is 0 Å². The molecule has 1 rings (SSSR count). The highest BCUT2D eigenvalue weighted by molar-refractivity contribution is 7.80. The maximum absolute atomic E-state index is 11.8. The van der Waals surface area contributed by atoms with Crippen LogP contribution in [-0.2, 0) is 4.74 Å². The fourth-order valence-electron chi connectivity index (χ4n) is 1.53. The molecular weight excluding hydrogens is 256 g/mol. The third-order valence-electron chi connectivity index (χ3n) is 2.30. The molecule has 0 aliphatic heterocycles. The zero-order valence-corrected chi connectivity index (χ0v) is 11.7. The summed E-state index contributed by atoms with van der Waals surface area (Å²) in [4.78, 5) is 12.2. The zero-order chi connectivity index (χ0) is 13.7. The minimum absolute atomic E-state index is 0.252. The number of methoxy groups -OCH3 is 3. The van der Waals surface area contributed by atoms with E-state index in [1.807, 2.05) is 0 Å². The lowest BCUT2D eigenvalue weighted by Crippen LogP contribution is -2.08. The second-order valence-corrected chi connectivity index (χ2v) is 3.71. The number of esters is 1. The SMILES string of the molecule is CCOC(=O)c1cc(OC)c(OC)c(S)c1OC. The van der Waals surface area contributed by atoms with Gasteiger partial charge in [-0.25, -0.2) is 4.79 Å². The second-order valence-electron chi connectivity index (χ2n) is 3.26. The molecule has 0 N–H and O–H groups in total. The topological polar surface area (TPSA) is 54.0 Å². The number of carbonyl (C=O) groups excluding carboxylic acids is 1. The first kappa shape index (κ1) is 14.5. The Hall–Kier alpha value is -1.56. The minimum atomic E-state index is -0.495. The molecule has 100 valence electrons. The van der Waals surface area contributed by atoms with E-state index in [1.165, 1.54) is 27.4 Å². The van der Waals surface area contributed by atoms with Crippen LogP contribution in [0.15, 0.2) is 11.0 Å². The van der Waals surface area contributed by atoms with E-state index in [2.05, 4.69) is 12.6 Å². The highest BCUT2D eigenvalue weighted by Gasteiger charge is 2.23. The number of hydrogen-bond donors (Lipinski definition) is 1. The molecule has 5 nitrogen and oxygen atoms in total. The first-order chi connectivity index (χ1) is 8.60. The molecule has 0 heterocycles. The molecule has 0 aromatic heterocycles. The molecule has 0 aliphatic rings. The van der Waals surface area contributed by atoms with Gasteiger partial charge in [0.25, 0.3) is 0 Å². The zero-order valence-electron chi connectivity index (χ0n) is 10.8. The van der Waals surface area contributed by atoms with Gasteiger partial charge in [-0.15, -0.1) is 12.6 Å². The van der Waals surface area contributed by atoms with Crippen LogP contribution in [0.4, 0.5) is 0 Å². The normalized spacial score (nSPS) is 9.83. The Labute approximate surface area is 111 Å². The summed E-state index contributed by atoms with van der Waals surface area (Å²) in [5.41, 5.74) is 0.252. The Morgan fingerprint density at radius 3 is 2.22 bits per heavy atom. The van der Waals surface area contributed by atoms with Crippen molar-refractivity contribution in [1.82, 2.24) is 0 Å². The van der Waals surface area contributed by atoms with Gasteiger partial charge in [-0.1, -0.05) is 0 Å². The van der Waals surface area contributed by atoms with Crippen molar-refractivity contribution in [2.75, 3.05) is 27.9 Å². The molecule has 1 aromatic carbocycles. The third kappa shape index (κ3) is 2.64. The van der Waals surface area contributed by atoms with Crippen LogP contribution in [0.2, 0.25) is 0 Å². The van der Waals surface area contributed by atoms with Crippen LogP contribution in [0.5, 0.6) is 17.2 Å². The number of thiol groups is 1. The number of carbonyl (C=O) groups is 1. The first-order valence-corrected chi connectivity index (χ1v) is 5.74. The summed E-state index contributed by atoms with van der Waals surface area (Å²) >= 11 is 4.29. The molecule has 0 amide bonds. The van der Waals surface area contributed by atoms with Crippen LogP contribution in [0.25, 0.3) is 0 Å². The smallest absolute Gasteiger partial charge is 0.342 e. The largest absolute Gasteiger partial charge is 0.495 e. The highest BCUT2D eigenvalue weighted by Crippen LogP contribution is 2.42. The summed E-state index contributed by atoms with van der Waals surface area (Å²) in [5.74, 6) is 0.608. The lowest BCUT2D eigenvalue weighted by molar-refractivity contribution is 0.0521. The van der Waals surface area contributed by atoms with Gasteiger partial charge in [-0.2, -0.15) is 0 Å². The average molecular weight is 272 g/mol. The van der Waals surface area contributed by atoms with Crippen molar-refractivity contribution in [3.05, 3.63) is 11.6 Å². The summed E-state index contributed by atoms with van der Waals surface area (Å²) in [6.45, 7) is 2.00. The van der Waals surface area contributed by atoms with E-state index >= 15 is 0 Å². The molecule has 0 saturated carbocycles. The summed E-state index contributed by atoms with van der Waals surface area (Å²) < 4.78 is 20.4. The van der Waals surface area contributed by atoms with E-state index in [0.29, 0.717) is 22.1 Å². The standard InChI is InChI=1S/C12H16O5S/c1-5-17-12(13)7-6-8(14-2)10(16-4)11(18)9(7)15-3/h6,18H,5H2,1-4H3. The van der Waals surface area contributed by atoms with Gasteiger partial charge >= 0.3 is 5.97 Å². The number of rotatable bonds is 5. The van der Waals surface area contributed by atoms with Crippen molar-refractivity contribution in [2.24, 2.45) is 0 Å². The number of ether oxygens (including phenoxy) is 4. The molecule has 0 spiro atoms. The van der Waals surface area contributed by atoms with Gasteiger partial charge in [-0.3, -0.25) is 0 Å².